The summed E-state index contributed by atoms with van der Waals surface area (Å²) in [6.45, 7) is 1.92. The van der Waals surface area contributed by atoms with Crippen molar-refractivity contribution in [3.63, 3.8) is 0 Å². The number of carbonyl (C=O) groups excluding carboxylic acids is 1. The Morgan fingerprint density at radius 2 is 2.11 bits per heavy atom. The van der Waals surface area contributed by atoms with Gasteiger partial charge in [0.15, 0.2) is 0 Å². The molecule has 2 N–H and O–H groups in total. The van der Waals surface area contributed by atoms with Gasteiger partial charge in [-0.25, -0.2) is 4.98 Å². The van der Waals surface area contributed by atoms with Gasteiger partial charge in [-0.3, -0.25) is 4.79 Å². The molecular formula is C13H11BrN2O2. The third-order valence-electron chi connectivity index (χ3n) is 2.37. The molecule has 1 amide bonds. The van der Waals surface area contributed by atoms with E-state index >= 15 is 0 Å². The van der Waals surface area contributed by atoms with E-state index in [2.05, 4.69) is 26.2 Å². The Kier molecular flexibility index (Phi) is 3.62. The van der Waals surface area contributed by atoms with Gasteiger partial charge in [0.25, 0.3) is 5.91 Å². The molecule has 0 aliphatic rings. The number of benzene rings is 1. The van der Waals surface area contributed by atoms with Gasteiger partial charge >= 0.3 is 0 Å². The Morgan fingerprint density at radius 1 is 1.33 bits per heavy atom. The largest absolute Gasteiger partial charge is 0.507 e. The topological polar surface area (TPSA) is 62.2 Å². The molecule has 92 valence electrons. The maximum absolute atomic E-state index is 11.9. The van der Waals surface area contributed by atoms with Crippen LogP contribution in [0.2, 0.25) is 0 Å². The lowest BCUT2D eigenvalue weighted by Gasteiger charge is -2.06. The molecular weight excluding hydrogens is 296 g/mol. The number of halogens is 1. The second-order valence-electron chi connectivity index (χ2n) is 3.84. The highest BCUT2D eigenvalue weighted by Gasteiger charge is 2.09. The normalized spacial score (nSPS) is 10.1. The number of rotatable bonds is 2. The number of aromatic nitrogens is 1. The SMILES string of the molecule is Cc1ccnc(NC(=O)c2ccc(Br)c(O)c2)c1. The number of pyridine rings is 1. The summed E-state index contributed by atoms with van der Waals surface area (Å²) in [4.78, 5) is 16.0. The number of aryl methyl sites for hydroxylation is 1. The molecule has 1 aromatic carbocycles. The Hall–Kier alpha value is -1.88. The fraction of sp³-hybridized carbons (Fsp3) is 0.0769. The van der Waals surface area contributed by atoms with Crippen LogP contribution < -0.4 is 5.32 Å². The first-order valence-electron chi connectivity index (χ1n) is 5.29. The van der Waals surface area contributed by atoms with Crippen molar-refractivity contribution in [2.45, 2.75) is 6.92 Å². The van der Waals surface area contributed by atoms with Crippen LogP contribution in [0.25, 0.3) is 0 Å². The fourth-order valence-corrected chi connectivity index (χ4v) is 1.69. The van der Waals surface area contributed by atoms with Crippen molar-refractivity contribution in [3.05, 3.63) is 52.1 Å². The highest BCUT2D eigenvalue weighted by atomic mass is 79.9. The van der Waals surface area contributed by atoms with Crippen LogP contribution in [-0.4, -0.2) is 16.0 Å². The summed E-state index contributed by atoms with van der Waals surface area (Å²) < 4.78 is 0.549. The maximum Gasteiger partial charge on any atom is 0.256 e. The van der Waals surface area contributed by atoms with Gasteiger partial charge in [0.2, 0.25) is 0 Å². The lowest BCUT2D eigenvalue weighted by Crippen LogP contribution is -2.12. The standard InChI is InChI=1S/C13H11BrN2O2/c1-8-4-5-15-12(6-8)16-13(18)9-2-3-10(14)11(17)7-9/h2-7,17H,1H3,(H,15,16,18). The first kappa shape index (κ1) is 12.6. The van der Waals surface area contributed by atoms with E-state index < -0.39 is 0 Å². The van der Waals surface area contributed by atoms with E-state index in [0.717, 1.165) is 5.56 Å². The Bertz CT molecular complexity index is 599. The first-order valence-corrected chi connectivity index (χ1v) is 6.08. The molecule has 18 heavy (non-hydrogen) atoms. The molecule has 0 radical (unpaired) electrons. The van der Waals surface area contributed by atoms with Crippen molar-refractivity contribution in [2.75, 3.05) is 5.32 Å². The molecule has 1 aromatic heterocycles. The zero-order valence-corrected chi connectivity index (χ0v) is 11.2. The molecule has 0 fully saturated rings. The second kappa shape index (κ2) is 5.18. The average Bonchev–Trinajstić information content (AvgIpc) is 2.32. The third kappa shape index (κ3) is 2.87. The number of hydrogen-bond donors (Lipinski definition) is 2. The van der Waals surface area contributed by atoms with Crippen molar-refractivity contribution in [1.82, 2.24) is 4.98 Å². The molecule has 0 spiro atoms. The summed E-state index contributed by atoms with van der Waals surface area (Å²) in [7, 11) is 0. The van der Waals surface area contributed by atoms with Crippen LogP contribution in [0.1, 0.15) is 15.9 Å². The van der Waals surface area contributed by atoms with E-state index in [1.165, 1.54) is 6.07 Å². The van der Waals surface area contributed by atoms with Crippen LogP contribution in [0.3, 0.4) is 0 Å². The number of aromatic hydroxyl groups is 1. The van der Waals surface area contributed by atoms with E-state index in [-0.39, 0.29) is 11.7 Å². The number of hydrogen-bond acceptors (Lipinski definition) is 3. The molecule has 0 saturated heterocycles. The smallest absolute Gasteiger partial charge is 0.256 e. The molecule has 0 unspecified atom stereocenters. The molecule has 5 heteroatoms. The summed E-state index contributed by atoms with van der Waals surface area (Å²) in [5, 5.41) is 12.2. The van der Waals surface area contributed by atoms with Gasteiger partial charge in [0.1, 0.15) is 11.6 Å². The highest BCUT2D eigenvalue weighted by molar-refractivity contribution is 9.10. The zero-order valence-electron chi connectivity index (χ0n) is 9.64. The molecule has 0 atom stereocenters. The first-order chi connectivity index (χ1) is 8.56. The molecule has 0 aliphatic carbocycles. The van der Waals surface area contributed by atoms with Gasteiger partial charge in [-0.05, 0) is 58.7 Å². The number of nitrogens with one attached hydrogen (secondary N) is 1. The van der Waals surface area contributed by atoms with Crippen molar-refractivity contribution in [2.24, 2.45) is 0 Å². The minimum atomic E-state index is -0.309. The summed E-state index contributed by atoms with van der Waals surface area (Å²) in [5.74, 6) is 0.207. The average molecular weight is 307 g/mol. The number of phenols is 1. The molecule has 0 aliphatic heterocycles. The summed E-state index contributed by atoms with van der Waals surface area (Å²) >= 11 is 3.16. The highest BCUT2D eigenvalue weighted by Crippen LogP contribution is 2.24. The van der Waals surface area contributed by atoms with Crippen LogP contribution in [0.15, 0.2) is 41.0 Å². The number of amides is 1. The molecule has 1 heterocycles. The predicted molar refractivity (Wildman–Crippen MR) is 72.7 cm³/mol. The Morgan fingerprint density at radius 3 is 2.78 bits per heavy atom. The van der Waals surface area contributed by atoms with Gasteiger partial charge in [0.05, 0.1) is 4.47 Å². The number of anilines is 1. The third-order valence-corrected chi connectivity index (χ3v) is 3.04. The van der Waals surface area contributed by atoms with Gasteiger partial charge < -0.3 is 10.4 Å². The summed E-state index contributed by atoms with van der Waals surface area (Å²) in [6, 6.07) is 8.26. The lowest BCUT2D eigenvalue weighted by atomic mass is 10.2. The predicted octanol–water partition coefficient (Wildman–Crippen LogP) is 3.11. The minimum Gasteiger partial charge on any atom is -0.507 e. The molecule has 2 aromatic rings. The molecule has 0 saturated carbocycles. The van der Waals surface area contributed by atoms with Crippen LogP contribution in [0.4, 0.5) is 5.82 Å². The van der Waals surface area contributed by atoms with Crippen molar-refractivity contribution in [1.29, 1.82) is 0 Å². The quantitative estimate of drug-likeness (QED) is 0.896. The maximum atomic E-state index is 11.9. The van der Waals surface area contributed by atoms with E-state index in [1.807, 2.05) is 13.0 Å². The lowest BCUT2D eigenvalue weighted by molar-refractivity contribution is 0.102. The van der Waals surface area contributed by atoms with Crippen LogP contribution in [0, 0.1) is 6.92 Å². The monoisotopic (exact) mass is 306 g/mol. The van der Waals surface area contributed by atoms with Gasteiger partial charge in [0, 0.05) is 11.8 Å². The van der Waals surface area contributed by atoms with Gasteiger partial charge in [-0.15, -0.1) is 0 Å². The van der Waals surface area contributed by atoms with E-state index in [0.29, 0.717) is 15.9 Å². The molecule has 2 rings (SSSR count). The molecule has 0 bridgehead atoms. The van der Waals surface area contributed by atoms with E-state index in [9.17, 15) is 9.90 Å². The fourth-order valence-electron chi connectivity index (χ4n) is 1.45. The Labute approximate surface area is 113 Å². The summed E-state index contributed by atoms with van der Waals surface area (Å²) in [5.41, 5.74) is 1.39. The molecule has 4 nitrogen and oxygen atoms in total. The van der Waals surface area contributed by atoms with Gasteiger partial charge in [-0.2, -0.15) is 0 Å². The van der Waals surface area contributed by atoms with Crippen LogP contribution in [0.5, 0.6) is 5.75 Å². The Balaban J connectivity index is 2.19. The minimum absolute atomic E-state index is 0.0276. The van der Waals surface area contributed by atoms with Crippen molar-refractivity contribution < 1.29 is 9.90 Å². The van der Waals surface area contributed by atoms with Crippen molar-refractivity contribution >= 4 is 27.7 Å². The number of carbonyl (C=O) groups is 1. The van der Waals surface area contributed by atoms with Crippen LogP contribution >= 0.6 is 15.9 Å². The number of nitrogens with zero attached hydrogens (tertiary/aromatic N) is 1. The number of phenolic OH excluding ortho intramolecular Hbond substituents is 1. The second-order valence-corrected chi connectivity index (χ2v) is 4.69. The van der Waals surface area contributed by atoms with Crippen molar-refractivity contribution in [3.8, 4) is 5.75 Å². The zero-order chi connectivity index (χ0) is 13.1. The van der Waals surface area contributed by atoms with Crippen LogP contribution in [-0.2, 0) is 0 Å². The summed E-state index contributed by atoms with van der Waals surface area (Å²) in [6.07, 6.45) is 1.63. The van der Waals surface area contributed by atoms with E-state index in [4.69, 9.17) is 0 Å². The van der Waals surface area contributed by atoms with Gasteiger partial charge in [-0.1, -0.05) is 0 Å². The van der Waals surface area contributed by atoms with E-state index in [1.54, 1.807) is 24.4 Å².